The standard InChI is InChI=1S/C27H37N3O/c1-26(2,3)18-11-13-29(14-12-18)19-16-30(17-19)22-15-23-24(21-10-8-7-9-20(21)22)25(28-31-23)27(4,5)6/h7-10,15,18-19H,11-14,16-17H2,1-6H3. The zero-order chi connectivity index (χ0) is 22.0. The van der Waals surface area contributed by atoms with Gasteiger partial charge < -0.3 is 9.42 Å². The molecule has 3 aromatic rings. The third-order valence-corrected chi connectivity index (χ3v) is 7.64. The third kappa shape index (κ3) is 3.63. The highest BCUT2D eigenvalue weighted by atomic mass is 16.5. The molecule has 5 rings (SSSR count). The van der Waals surface area contributed by atoms with Gasteiger partial charge in [0.2, 0.25) is 0 Å². The topological polar surface area (TPSA) is 32.5 Å². The Hall–Kier alpha value is -2.07. The van der Waals surface area contributed by atoms with Gasteiger partial charge in [0.25, 0.3) is 0 Å². The summed E-state index contributed by atoms with van der Waals surface area (Å²) < 4.78 is 5.84. The molecule has 3 heterocycles. The van der Waals surface area contributed by atoms with Crippen molar-refractivity contribution in [3.63, 3.8) is 0 Å². The van der Waals surface area contributed by atoms with Crippen LogP contribution in [0.4, 0.5) is 5.69 Å². The summed E-state index contributed by atoms with van der Waals surface area (Å²) in [5.41, 5.74) is 3.65. The molecule has 0 spiro atoms. The molecule has 0 aliphatic carbocycles. The average molecular weight is 420 g/mol. The van der Waals surface area contributed by atoms with Gasteiger partial charge in [-0.05, 0) is 42.7 Å². The summed E-state index contributed by atoms with van der Waals surface area (Å²) in [6.07, 6.45) is 2.67. The smallest absolute Gasteiger partial charge is 0.169 e. The van der Waals surface area contributed by atoms with E-state index in [0.717, 1.165) is 30.3 Å². The van der Waals surface area contributed by atoms with Crippen molar-refractivity contribution in [1.82, 2.24) is 10.1 Å². The molecule has 166 valence electrons. The van der Waals surface area contributed by atoms with Crippen LogP contribution in [0.2, 0.25) is 0 Å². The number of anilines is 1. The molecule has 0 N–H and O–H groups in total. The predicted molar refractivity (Wildman–Crippen MR) is 130 cm³/mol. The van der Waals surface area contributed by atoms with Crippen molar-refractivity contribution in [2.24, 2.45) is 11.3 Å². The summed E-state index contributed by atoms with van der Waals surface area (Å²) in [6.45, 7) is 18.5. The Balaban J connectivity index is 1.39. The van der Waals surface area contributed by atoms with E-state index in [9.17, 15) is 0 Å². The van der Waals surface area contributed by atoms with Crippen molar-refractivity contribution in [2.75, 3.05) is 31.1 Å². The number of fused-ring (bicyclic) bond motifs is 3. The average Bonchev–Trinajstić information content (AvgIpc) is 3.11. The summed E-state index contributed by atoms with van der Waals surface area (Å²) >= 11 is 0. The first kappa shape index (κ1) is 20.8. The van der Waals surface area contributed by atoms with E-state index in [0.29, 0.717) is 11.5 Å². The molecule has 2 saturated heterocycles. The van der Waals surface area contributed by atoms with Crippen LogP contribution in [-0.2, 0) is 5.41 Å². The quantitative estimate of drug-likeness (QED) is 0.493. The molecule has 2 aromatic carbocycles. The van der Waals surface area contributed by atoms with E-state index in [-0.39, 0.29) is 5.41 Å². The molecular formula is C27H37N3O. The van der Waals surface area contributed by atoms with Crippen molar-refractivity contribution >= 4 is 27.4 Å². The van der Waals surface area contributed by atoms with Crippen LogP contribution in [0.15, 0.2) is 34.9 Å². The molecule has 0 radical (unpaired) electrons. The Morgan fingerprint density at radius 1 is 0.935 bits per heavy atom. The van der Waals surface area contributed by atoms with Gasteiger partial charge in [0.05, 0.1) is 11.1 Å². The minimum absolute atomic E-state index is 0.0451. The van der Waals surface area contributed by atoms with Gasteiger partial charge in [0.1, 0.15) is 0 Å². The van der Waals surface area contributed by atoms with Gasteiger partial charge in [-0.3, -0.25) is 4.90 Å². The Kier molecular flexibility index (Phi) is 4.85. The van der Waals surface area contributed by atoms with Crippen molar-refractivity contribution in [3.05, 3.63) is 36.0 Å². The fourth-order valence-electron chi connectivity index (χ4n) is 5.58. The SMILES string of the molecule is CC(C)(C)c1noc2cc(N3CC(N4CCC(C(C)(C)C)CC4)C3)c3ccccc3c12. The summed E-state index contributed by atoms with van der Waals surface area (Å²) in [5, 5.41) is 8.22. The minimum atomic E-state index is -0.0451. The van der Waals surface area contributed by atoms with Crippen LogP contribution in [0, 0.1) is 11.3 Å². The lowest BCUT2D eigenvalue weighted by atomic mass is 9.75. The summed E-state index contributed by atoms with van der Waals surface area (Å²) in [4.78, 5) is 5.26. The number of nitrogens with zero attached hydrogens (tertiary/aromatic N) is 3. The zero-order valence-corrected chi connectivity index (χ0v) is 20.0. The van der Waals surface area contributed by atoms with E-state index in [1.165, 1.54) is 47.8 Å². The third-order valence-electron chi connectivity index (χ3n) is 7.64. The molecule has 2 aliphatic heterocycles. The van der Waals surface area contributed by atoms with Gasteiger partial charge in [-0.2, -0.15) is 0 Å². The Morgan fingerprint density at radius 2 is 1.58 bits per heavy atom. The summed E-state index contributed by atoms with van der Waals surface area (Å²) in [7, 11) is 0. The second kappa shape index (κ2) is 7.23. The van der Waals surface area contributed by atoms with Crippen LogP contribution in [0.5, 0.6) is 0 Å². The number of benzene rings is 2. The molecule has 0 saturated carbocycles. The summed E-state index contributed by atoms with van der Waals surface area (Å²) in [5.74, 6) is 0.856. The Labute approximate surface area is 186 Å². The largest absolute Gasteiger partial charge is 0.368 e. The van der Waals surface area contributed by atoms with Crippen LogP contribution >= 0.6 is 0 Å². The molecule has 1 aromatic heterocycles. The number of aromatic nitrogens is 1. The maximum Gasteiger partial charge on any atom is 0.169 e. The second-order valence-electron chi connectivity index (χ2n) is 11.8. The number of hydrogen-bond donors (Lipinski definition) is 0. The lowest BCUT2D eigenvalue weighted by Gasteiger charge is -2.50. The molecule has 0 unspecified atom stereocenters. The van der Waals surface area contributed by atoms with Gasteiger partial charge in [0, 0.05) is 41.7 Å². The lowest BCUT2D eigenvalue weighted by molar-refractivity contribution is 0.0721. The predicted octanol–water partition coefficient (Wildman–Crippen LogP) is 6.23. The highest BCUT2D eigenvalue weighted by Gasteiger charge is 2.37. The van der Waals surface area contributed by atoms with Gasteiger partial charge in [-0.15, -0.1) is 0 Å². The Morgan fingerprint density at radius 3 is 2.19 bits per heavy atom. The highest BCUT2D eigenvalue weighted by Crippen LogP contribution is 2.41. The molecule has 0 bridgehead atoms. The fraction of sp³-hybridized carbons (Fsp3) is 0.593. The lowest BCUT2D eigenvalue weighted by Crippen LogP contribution is -2.61. The first-order valence-electron chi connectivity index (χ1n) is 11.9. The monoisotopic (exact) mass is 419 g/mol. The van der Waals surface area contributed by atoms with Crippen LogP contribution < -0.4 is 4.90 Å². The molecular weight excluding hydrogens is 382 g/mol. The van der Waals surface area contributed by atoms with Gasteiger partial charge in [-0.1, -0.05) is 71.0 Å². The molecule has 4 heteroatoms. The van der Waals surface area contributed by atoms with Crippen LogP contribution in [0.25, 0.3) is 21.7 Å². The first-order valence-corrected chi connectivity index (χ1v) is 11.9. The molecule has 2 aliphatic rings. The molecule has 0 amide bonds. The summed E-state index contributed by atoms with van der Waals surface area (Å²) in [6, 6.07) is 11.7. The van der Waals surface area contributed by atoms with Crippen LogP contribution in [0.3, 0.4) is 0 Å². The van der Waals surface area contributed by atoms with Crippen molar-refractivity contribution in [1.29, 1.82) is 0 Å². The van der Waals surface area contributed by atoms with E-state index >= 15 is 0 Å². The van der Waals surface area contributed by atoms with Crippen LogP contribution in [-0.4, -0.2) is 42.3 Å². The van der Waals surface area contributed by atoms with Gasteiger partial charge in [-0.25, -0.2) is 0 Å². The van der Waals surface area contributed by atoms with Crippen molar-refractivity contribution in [2.45, 2.75) is 65.8 Å². The normalized spacial score (nSPS) is 20.0. The molecule has 2 fully saturated rings. The highest BCUT2D eigenvalue weighted by molar-refractivity contribution is 6.13. The number of piperidine rings is 1. The van der Waals surface area contributed by atoms with Crippen LogP contribution in [0.1, 0.15) is 60.1 Å². The van der Waals surface area contributed by atoms with E-state index in [1.54, 1.807) is 0 Å². The zero-order valence-electron chi connectivity index (χ0n) is 20.0. The molecule has 31 heavy (non-hydrogen) atoms. The first-order chi connectivity index (χ1) is 14.6. The maximum atomic E-state index is 5.84. The molecule has 0 atom stereocenters. The van der Waals surface area contributed by atoms with Gasteiger partial charge in [0.15, 0.2) is 5.58 Å². The maximum absolute atomic E-state index is 5.84. The minimum Gasteiger partial charge on any atom is -0.368 e. The van der Waals surface area contributed by atoms with E-state index in [4.69, 9.17) is 4.52 Å². The fourth-order valence-corrected chi connectivity index (χ4v) is 5.58. The number of likely N-dealkylation sites (tertiary alicyclic amines) is 1. The Bertz CT molecular complexity index is 1090. The van der Waals surface area contributed by atoms with E-state index in [2.05, 4.69) is 86.8 Å². The number of hydrogen-bond acceptors (Lipinski definition) is 4. The van der Waals surface area contributed by atoms with Gasteiger partial charge >= 0.3 is 0 Å². The van der Waals surface area contributed by atoms with Crippen molar-refractivity contribution in [3.8, 4) is 0 Å². The van der Waals surface area contributed by atoms with E-state index < -0.39 is 0 Å². The second-order valence-corrected chi connectivity index (χ2v) is 11.8. The van der Waals surface area contributed by atoms with E-state index in [1.807, 2.05) is 0 Å². The van der Waals surface area contributed by atoms with Crippen molar-refractivity contribution < 1.29 is 4.52 Å². The number of rotatable bonds is 2. The molecule has 4 nitrogen and oxygen atoms in total.